The van der Waals surface area contributed by atoms with E-state index in [2.05, 4.69) is 39.5 Å². The molecular formula is C11H19. The van der Waals surface area contributed by atoms with Crippen LogP contribution in [-0.2, 0) is 0 Å². The van der Waals surface area contributed by atoms with Crippen molar-refractivity contribution in [2.24, 2.45) is 11.3 Å². The molecule has 0 aromatic carbocycles. The van der Waals surface area contributed by atoms with Crippen LogP contribution in [-0.4, -0.2) is 0 Å². The molecule has 0 aromatic heterocycles. The third kappa shape index (κ3) is 5.98. The number of rotatable bonds is 3. The summed E-state index contributed by atoms with van der Waals surface area (Å²) in [5, 5.41) is 0. The SMILES string of the molecule is [CH2]C(C)CCC(C)(C)C#CC. The predicted octanol–water partition coefficient (Wildman–Crippen LogP) is 3.29. The number of hydrogen-bond donors (Lipinski definition) is 0. The fourth-order valence-corrected chi connectivity index (χ4v) is 1.01. The maximum atomic E-state index is 3.95. The molecule has 1 atom stereocenters. The Balaban J connectivity index is 3.79. The third-order valence-electron chi connectivity index (χ3n) is 1.73. The fourth-order valence-electron chi connectivity index (χ4n) is 1.01. The van der Waals surface area contributed by atoms with Crippen molar-refractivity contribution in [1.29, 1.82) is 0 Å². The van der Waals surface area contributed by atoms with Crippen molar-refractivity contribution in [3.05, 3.63) is 6.92 Å². The Morgan fingerprint density at radius 1 is 1.45 bits per heavy atom. The normalized spacial score (nSPS) is 11.1. The van der Waals surface area contributed by atoms with Gasteiger partial charge in [-0.3, -0.25) is 0 Å². The zero-order valence-electron chi connectivity index (χ0n) is 8.20. The minimum atomic E-state index is 0.181. The molecule has 0 nitrogen and oxygen atoms in total. The maximum Gasteiger partial charge on any atom is 0.0258 e. The molecule has 0 saturated carbocycles. The van der Waals surface area contributed by atoms with Gasteiger partial charge in [0.2, 0.25) is 0 Å². The van der Waals surface area contributed by atoms with E-state index in [1.165, 1.54) is 6.42 Å². The molecular weight excluding hydrogens is 132 g/mol. The molecule has 0 spiro atoms. The van der Waals surface area contributed by atoms with Gasteiger partial charge in [-0.2, -0.15) is 0 Å². The lowest BCUT2D eigenvalue weighted by molar-refractivity contribution is 0.411. The maximum absolute atomic E-state index is 3.95. The van der Waals surface area contributed by atoms with E-state index in [1.807, 2.05) is 6.92 Å². The minimum absolute atomic E-state index is 0.181. The molecule has 0 saturated heterocycles. The molecule has 0 N–H and O–H groups in total. The van der Waals surface area contributed by atoms with E-state index in [0.717, 1.165) is 6.42 Å². The average molecular weight is 151 g/mol. The first-order valence-electron chi connectivity index (χ1n) is 4.25. The Morgan fingerprint density at radius 3 is 2.36 bits per heavy atom. The summed E-state index contributed by atoms with van der Waals surface area (Å²) in [6, 6.07) is 0. The molecule has 0 aliphatic carbocycles. The van der Waals surface area contributed by atoms with Crippen molar-refractivity contribution in [3.8, 4) is 11.8 Å². The van der Waals surface area contributed by atoms with Crippen LogP contribution in [0, 0.1) is 30.1 Å². The summed E-state index contributed by atoms with van der Waals surface area (Å²) in [5.41, 5.74) is 0.181. The first kappa shape index (κ1) is 10.6. The van der Waals surface area contributed by atoms with Crippen molar-refractivity contribution in [2.45, 2.75) is 40.5 Å². The lowest BCUT2D eigenvalue weighted by atomic mass is 9.86. The van der Waals surface area contributed by atoms with E-state index in [9.17, 15) is 0 Å². The van der Waals surface area contributed by atoms with Gasteiger partial charge < -0.3 is 0 Å². The molecule has 1 radical (unpaired) electrons. The van der Waals surface area contributed by atoms with E-state index >= 15 is 0 Å². The van der Waals surface area contributed by atoms with Crippen LogP contribution in [0.5, 0.6) is 0 Å². The van der Waals surface area contributed by atoms with Gasteiger partial charge in [0, 0.05) is 5.41 Å². The molecule has 0 aliphatic rings. The van der Waals surface area contributed by atoms with Crippen LogP contribution < -0.4 is 0 Å². The van der Waals surface area contributed by atoms with Gasteiger partial charge in [-0.05, 0) is 39.5 Å². The van der Waals surface area contributed by atoms with E-state index in [1.54, 1.807) is 0 Å². The smallest absolute Gasteiger partial charge is 0.0258 e. The third-order valence-corrected chi connectivity index (χ3v) is 1.73. The topological polar surface area (TPSA) is 0 Å². The highest BCUT2D eigenvalue weighted by atomic mass is 14.2. The fraction of sp³-hybridized carbons (Fsp3) is 0.727. The van der Waals surface area contributed by atoms with Gasteiger partial charge in [-0.15, -0.1) is 5.92 Å². The molecule has 0 rings (SSSR count). The van der Waals surface area contributed by atoms with E-state index in [-0.39, 0.29) is 5.41 Å². The highest BCUT2D eigenvalue weighted by Crippen LogP contribution is 2.23. The molecule has 0 aliphatic heterocycles. The Morgan fingerprint density at radius 2 is 2.00 bits per heavy atom. The van der Waals surface area contributed by atoms with E-state index < -0.39 is 0 Å². The van der Waals surface area contributed by atoms with Crippen molar-refractivity contribution >= 4 is 0 Å². The van der Waals surface area contributed by atoms with Crippen LogP contribution in [0.1, 0.15) is 40.5 Å². The Kier molecular flexibility index (Phi) is 4.26. The van der Waals surface area contributed by atoms with Gasteiger partial charge in [0.05, 0.1) is 0 Å². The van der Waals surface area contributed by atoms with E-state index in [4.69, 9.17) is 0 Å². The summed E-state index contributed by atoms with van der Waals surface area (Å²) in [5.74, 6) is 6.71. The van der Waals surface area contributed by atoms with Crippen LogP contribution in [0.25, 0.3) is 0 Å². The van der Waals surface area contributed by atoms with Gasteiger partial charge in [0.15, 0.2) is 0 Å². The standard InChI is InChI=1S/C11H19/c1-6-8-11(4,5)9-7-10(2)3/h10H,2,7,9H2,1,3-5H3. The summed E-state index contributed by atoms with van der Waals surface area (Å²) >= 11 is 0. The lowest BCUT2D eigenvalue weighted by Gasteiger charge is -2.18. The molecule has 11 heavy (non-hydrogen) atoms. The quantitative estimate of drug-likeness (QED) is 0.543. The van der Waals surface area contributed by atoms with Crippen LogP contribution in [0.2, 0.25) is 0 Å². The molecule has 0 amide bonds. The number of hydrogen-bond acceptors (Lipinski definition) is 0. The van der Waals surface area contributed by atoms with Crippen molar-refractivity contribution in [2.75, 3.05) is 0 Å². The Labute approximate surface area is 71.4 Å². The summed E-state index contributed by atoms with van der Waals surface area (Å²) in [6.07, 6.45) is 2.32. The molecule has 0 bridgehead atoms. The van der Waals surface area contributed by atoms with Gasteiger partial charge in [-0.25, -0.2) is 0 Å². The molecule has 0 heterocycles. The average Bonchev–Trinajstić information content (AvgIpc) is 1.84. The molecule has 0 aromatic rings. The highest BCUT2D eigenvalue weighted by Gasteiger charge is 2.13. The van der Waals surface area contributed by atoms with Crippen LogP contribution in [0.3, 0.4) is 0 Å². The predicted molar refractivity (Wildman–Crippen MR) is 51.0 cm³/mol. The second kappa shape index (κ2) is 4.44. The van der Waals surface area contributed by atoms with Crippen LogP contribution >= 0.6 is 0 Å². The minimum Gasteiger partial charge on any atom is -0.106 e. The van der Waals surface area contributed by atoms with Gasteiger partial charge in [0.1, 0.15) is 0 Å². The van der Waals surface area contributed by atoms with Gasteiger partial charge in [-0.1, -0.05) is 19.8 Å². The highest BCUT2D eigenvalue weighted by molar-refractivity contribution is 5.06. The zero-order chi connectivity index (χ0) is 8.91. The van der Waals surface area contributed by atoms with Gasteiger partial charge in [0.25, 0.3) is 0 Å². The van der Waals surface area contributed by atoms with Crippen molar-refractivity contribution in [1.82, 2.24) is 0 Å². The summed E-state index contributed by atoms with van der Waals surface area (Å²) in [4.78, 5) is 0. The summed E-state index contributed by atoms with van der Waals surface area (Å²) in [6.45, 7) is 12.4. The van der Waals surface area contributed by atoms with Gasteiger partial charge >= 0.3 is 0 Å². The molecule has 1 unspecified atom stereocenters. The van der Waals surface area contributed by atoms with Crippen molar-refractivity contribution < 1.29 is 0 Å². The molecule has 0 heteroatoms. The second-order valence-electron chi connectivity index (χ2n) is 3.90. The van der Waals surface area contributed by atoms with E-state index in [0.29, 0.717) is 5.92 Å². The summed E-state index contributed by atoms with van der Waals surface area (Å²) < 4.78 is 0. The first-order chi connectivity index (χ1) is 4.98. The zero-order valence-corrected chi connectivity index (χ0v) is 8.20. The molecule has 0 fully saturated rings. The monoisotopic (exact) mass is 151 g/mol. The molecule has 63 valence electrons. The second-order valence-corrected chi connectivity index (χ2v) is 3.90. The van der Waals surface area contributed by atoms with Crippen LogP contribution in [0.15, 0.2) is 0 Å². The first-order valence-corrected chi connectivity index (χ1v) is 4.25. The summed E-state index contributed by atoms with van der Waals surface area (Å²) in [7, 11) is 0. The van der Waals surface area contributed by atoms with Crippen LogP contribution in [0.4, 0.5) is 0 Å². The largest absolute Gasteiger partial charge is 0.106 e. The Bertz CT molecular complexity index is 153. The lowest BCUT2D eigenvalue weighted by Crippen LogP contribution is -2.09. The van der Waals surface area contributed by atoms with Crippen molar-refractivity contribution in [3.63, 3.8) is 0 Å². The Hall–Kier alpha value is -0.440.